The summed E-state index contributed by atoms with van der Waals surface area (Å²) in [6, 6.07) is 0. The van der Waals surface area contributed by atoms with E-state index in [2.05, 4.69) is 132 Å². The Balaban J connectivity index is 0. The van der Waals surface area contributed by atoms with Gasteiger partial charge in [0.15, 0.2) is 0 Å². The molecule has 1 heteroatoms. The predicted molar refractivity (Wildman–Crippen MR) is 185 cm³/mol. The van der Waals surface area contributed by atoms with Crippen LogP contribution in [0.2, 0.25) is 0 Å². The zero-order valence-electron chi connectivity index (χ0n) is 31.8. The highest BCUT2D eigenvalue weighted by atomic mass is 16.5. The molecule has 0 aromatic rings. The van der Waals surface area contributed by atoms with Crippen LogP contribution in [0.1, 0.15) is 176 Å². The maximum Gasteiger partial charge on any atom is 0.0544 e. The van der Waals surface area contributed by atoms with E-state index in [0.717, 1.165) is 65.5 Å². The lowest BCUT2D eigenvalue weighted by Crippen LogP contribution is -2.43. The third-order valence-corrected chi connectivity index (χ3v) is 10.9. The van der Waals surface area contributed by atoms with E-state index in [1.165, 1.54) is 44.9 Å². The van der Waals surface area contributed by atoms with Crippen LogP contribution in [0.15, 0.2) is 0 Å². The van der Waals surface area contributed by atoms with E-state index in [9.17, 15) is 0 Å². The van der Waals surface area contributed by atoms with E-state index in [-0.39, 0.29) is 0 Å². The van der Waals surface area contributed by atoms with Gasteiger partial charge in [0, 0.05) is 5.41 Å². The molecule has 0 amide bonds. The van der Waals surface area contributed by atoms with Crippen LogP contribution in [0.3, 0.4) is 0 Å². The summed E-state index contributed by atoms with van der Waals surface area (Å²) in [7, 11) is 0. The maximum absolute atomic E-state index is 5.10. The molecule has 3 saturated carbocycles. The highest BCUT2D eigenvalue weighted by Crippen LogP contribution is 2.51. The van der Waals surface area contributed by atoms with Gasteiger partial charge < -0.3 is 4.74 Å². The van der Waals surface area contributed by atoms with Gasteiger partial charge in [0.25, 0.3) is 0 Å². The molecule has 244 valence electrons. The smallest absolute Gasteiger partial charge is 0.0544 e. The normalized spacial score (nSPS) is 21.2. The first-order chi connectivity index (χ1) is 17.9. The lowest BCUT2D eigenvalue weighted by Gasteiger charge is -2.42. The maximum atomic E-state index is 5.10. The minimum absolute atomic E-state index is 0.500. The van der Waals surface area contributed by atoms with Gasteiger partial charge in [-0.05, 0) is 96.2 Å². The molecule has 0 aromatic carbocycles. The predicted octanol–water partition coefficient (Wildman–Crippen LogP) is 13.4. The van der Waals surface area contributed by atoms with Crippen LogP contribution in [-0.4, -0.2) is 13.2 Å². The molecule has 1 saturated heterocycles. The molecule has 3 aliphatic carbocycles. The Labute approximate surface area is 257 Å². The molecule has 0 radical (unpaired) electrons. The molecule has 0 unspecified atom stereocenters. The lowest BCUT2D eigenvalue weighted by molar-refractivity contribution is -0.126. The summed E-state index contributed by atoms with van der Waals surface area (Å²) in [4.78, 5) is 0. The van der Waals surface area contributed by atoms with Gasteiger partial charge in [-0.25, -0.2) is 0 Å². The van der Waals surface area contributed by atoms with E-state index < -0.39 is 0 Å². The van der Waals surface area contributed by atoms with Gasteiger partial charge in [-0.3, -0.25) is 0 Å². The molecule has 1 heterocycles. The lowest BCUT2D eigenvalue weighted by atomic mass is 9.64. The molecule has 1 aliphatic heterocycles. The Morgan fingerprint density at radius 2 is 0.850 bits per heavy atom. The quantitative estimate of drug-likeness (QED) is 0.329. The van der Waals surface area contributed by atoms with E-state index in [4.69, 9.17) is 4.74 Å². The van der Waals surface area contributed by atoms with Gasteiger partial charge in [0.05, 0.1) is 13.2 Å². The highest BCUT2D eigenvalue weighted by molar-refractivity contribution is 4.90. The summed E-state index contributed by atoms with van der Waals surface area (Å²) in [5.41, 5.74) is 2.47. The number of rotatable bonds is 4. The van der Waals surface area contributed by atoms with Crippen molar-refractivity contribution in [3.63, 3.8) is 0 Å². The first-order valence-corrected chi connectivity index (χ1v) is 17.5. The number of hydrogen-bond acceptors (Lipinski definition) is 1. The van der Waals surface area contributed by atoms with Gasteiger partial charge >= 0.3 is 0 Å². The van der Waals surface area contributed by atoms with Gasteiger partial charge in [-0.1, -0.05) is 138 Å². The van der Waals surface area contributed by atoms with Gasteiger partial charge in [0.1, 0.15) is 0 Å². The molecular weight excluding hydrogens is 484 g/mol. The minimum atomic E-state index is 0.500. The zero-order valence-corrected chi connectivity index (χ0v) is 31.8. The van der Waals surface area contributed by atoms with Crippen molar-refractivity contribution >= 4 is 0 Å². The molecule has 1 nitrogen and oxygen atoms in total. The van der Waals surface area contributed by atoms with Gasteiger partial charge in [0.2, 0.25) is 0 Å². The molecule has 4 fully saturated rings. The van der Waals surface area contributed by atoms with Crippen molar-refractivity contribution in [1.29, 1.82) is 0 Å². The zero-order chi connectivity index (χ0) is 32.1. The van der Waals surface area contributed by atoms with Crippen LogP contribution < -0.4 is 0 Å². The third-order valence-electron chi connectivity index (χ3n) is 10.9. The summed E-state index contributed by atoms with van der Waals surface area (Å²) in [5, 5.41) is 0. The third kappa shape index (κ3) is 19.2. The molecule has 4 aliphatic rings. The second-order valence-electron chi connectivity index (χ2n) is 18.1. The first kappa shape index (κ1) is 42.1. The Kier molecular flexibility index (Phi) is 19.6. The van der Waals surface area contributed by atoms with Crippen molar-refractivity contribution in [2.24, 2.45) is 63.1 Å². The van der Waals surface area contributed by atoms with Crippen molar-refractivity contribution in [3.8, 4) is 0 Å². The molecule has 40 heavy (non-hydrogen) atoms. The van der Waals surface area contributed by atoms with Crippen molar-refractivity contribution in [2.75, 3.05) is 13.2 Å². The number of ether oxygens (including phenoxy) is 1. The second kappa shape index (κ2) is 18.6. The van der Waals surface area contributed by atoms with Crippen LogP contribution in [0.5, 0.6) is 0 Å². The molecule has 0 bridgehead atoms. The van der Waals surface area contributed by atoms with Gasteiger partial charge in [-0.2, -0.15) is 0 Å². The Morgan fingerprint density at radius 1 is 0.550 bits per heavy atom. The summed E-state index contributed by atoms with van der Waals surface area (Å²) < 4.78 is 5.10. The molecule has 0 atom stereocenters. The summed E-state index contributed by atoms with van der Waals surface area (Å²) in [6.45, 7) is 45.2. The standard InChI is InChI=1S/C8H16.C7H14O.C7H14.C7H16.C6H12.C4H10/c1-7(2)8(3)5-4-6-8;1-6(2)7(3)4-8-5-7;1-6(2)7(3)4-5-7;1-6(2)7(3,4)5;1-5(2)6-3-4-6;1-4(2)3/h7H,4-6H2,1-3H3;6H,4-5H2,1-3H3;6H,4-5H2,1-3H3;6H,1-5H3;5-6H,3-4H2,1-2H3;4H,1-3H3. The fraction of sp³-hybridized carbons (Fsp3) is 1.00. The van der Waals surface area contributed by atoms with Crippen LogP contribution in [0.4, 0.5) is 0 Å². The number of hydrogen-bond donors (Lipinski definition) is 0. The van der Waals surface area contributed by atoms with Crippen molar-refractivity contribution in [3.05, 3.63) is 0 Å². The molecular formula is C39H82O. The average Bonchev–Trinajstić information content (AvgIpc) is 3.66. The molecule has 0 N–H and O–H groups in total. The van der Waals surface area contributed by atoms with E-state index in [1.54, 1.807) is 0 Å². The summed E-state index contributed by atoms with van der Waals surface area (Å²) in [5.74, 6) is 6.28. The topological polar surface area (TPSA) is 9.23 Å². The largest absolute Gasteiger partial charge is 0.380 e. The Morgan fingerprint density at radius 3 is 0.850 bits per heavy atom. The van der Waals surface area contributed by atoms with Crippen molar-refractivity contribution in [1.82, 2.24) is 0 Å². The SMILES string of the molecule is CC(C)C.CC(C)C(C)(C)C.CC(C)C1(C)CC1.CC(C)C1(C)CCC1.CC(C)C1(C)COC1.CC(C)C1CC1. The highest BCUT2D eigenvalue weighted by Gasteiger charge is 2.39. The van der Waals surface area contributed by atoms with Crippen molar-refractivity contribution in [2.45, 2.75) is 176 Å². The summed E-state index contributed by atoms with van der Waals surface area (Å²) in [6.07, 6.45) is 10.3. The van der Waals surface area contributed by atoms with E-state index in [0.29, 0.717) is 10.8 Å². The van der Waals surface area contributed by atoms with Crippen LogP contribution in [0, 0.1) is 63.1 Å². The molecule has 4 rings (SSSR count). The van der Waals surface area contributed by atoms with E-state index in [1.807, 2.05) is 0 Å². The monoisotopic (exact) mass is 567 g/mol. The Hall–Kier alpha value is -0.0400. The first-order valence-electron chi connectivity index (χ1n) is 17.5. The van der Waals surface area contributed by atoms with Gasteiger partial charge in [-0.15, -0.1) is 0 Å². The molecule has 0 spiro atoms. The fourth-order valence-electron chi connectivity index (χ4n) is 3.61. The van der Waals surface area contributed by atoms with Crippen molar-refractivity contribution < 1.29 is 4.74 Å². The Bertz CT molecular complexity index is 563. The van der Waals surface area contributed by atoms with Crippen LogP contribution in [0.25, 0.3) is 0 Å². The average molecular weight is 567 g/mol. The van der Waals surface area contributed by atoms with Crippen LogP contribution in [-0.2, 0) is 4.74 Å². The fourth-order valence-corrected chi connectivity index (χ4v) is 3.61. The summed E-state index contributed by atoms with van der Waals surface area (Å²) >= 11 is 0. The minimum Gasteiger partial charge on any atom is -0.380 e. The second-order valence-corrected chi connectivity index (χ2v) is 18.1. The van der Waals surface area contributed by atoms with E-state index >= 15 is 0 Å². The van der Waals surface area contributed by atoms with Crippen LogP contribution >= 0.6 is 0 Å². The molecule has 0 aromatic heterocycles.